The fraction of sp³-hybridized carbons (Fsp3) is 0.400. The number of nitrogens with one attached hydrogen (secondary N) is 2. The molecule has 2 N–H and O–H groups in total. The van der Waals surface area contributed by atoms with E-state index in [1.54, 1.807) is 12.1 Å². The normalized spacial score (nSPS) is 17.4. The quantitative estimate of drug-likeness (QED) is 0.871. The van der Waals surface area contributed by atoms with E-state index in [-0.39, 0.29) is 5.69 Å². The second-order valence-electron chi connectivity index (χ2n) is 4.31. The molecule has 0 saturated carbocycles. The third-order valence-electron chi connectivity index (χ3n) is 3.02. The zero-order chi connectivity index (χ0) is 14.2. The second kappa shape index (κ2) is 5.41. The molecule has 0 aliphatic carbocycles. The first-order chi connectivity index (χ1) is 9.58. The van der Waals surface area contributed by atoms with E-state index >= 15 is 0 Å². The van der Waals surface area contributed by atoms with E-state index in [1.165, 1.54) is 4.31 Å². The lowest BCUT2D eigenvalue weighted by Crippen LogP contribution is -2.48. The van der Waals surface area contributed by atoms with Crippen molar-refractivity contribution >= 4 is 50.3 Å². The van der Waals surface area contributed by atoms with Crippen molar-refractivity contribution in [3.8, 4) is 0 Å². The van der Waals surface area contributed by atoms with Crippen LogP contribution in [-0.4, -0.2) is 47.6 Å². The van der Waals surface area contributed by atoms with Gasteiger partial charge in [0.1, 0.15) is 11.0 Å². The minimum atomic E-state index is -3.63. The van der Waals surface area contributed by atoms with E-state index in [0.717, 1.165) is 11.7 Å². The van der Waals surface area contributed by atoms with Gasteiger partial charge >= 0.3 is 10.2 Å². The van der Waals surface area contributed by atoms with Crippen LogP contribution in [0.4, 0.5) is 5.69 Å². The zero-order valence-corrected chi connectivity index (χ0v) is 12.7. The van der Waals surface area contributed by atoms with Gasteiger partial charge in [-0.3, -0.25) is 4.72 Å². The van der Waals surface area contributed by atoms with Crippen LogP contribution in [-0.2, 0) is 10.2 Å². The molecule has 20 heavy (non-hydrogen) atoms. The van der Waals surface area contributed by atoms with Gasteiger partial charge in [0.25, 0.3) is 0 Å². The minimum Gasteiger partial charge on any atom is -0.314 e. The predicted molar refractivity (Wildman–Crippen MR) is 79.4 cm³/mol. The first-order valence-corrected chi connectivity index (χ1v) is 8.52. The number of nitrogens with zero attached hydrogens (tertiary/aromatic N) is 3. The van der Waals surface area contributed by atoms with Gasteiger partial charge in [0.2, 0.25) is 0 Å². The summed E-state index contributed by atoms with van der Waals surface area (Å²) in [5.74, 6) is 0. The average molecular weight is 334 g/mol. The summed E-state index contributed by atoms with van der Waals surface area (Å²) >= 11 is 7.10. The highest BCUT2D eigenvalue weighted by molar-refractivity contribution is 7.90. The highest BCUT2D eigenvalue weighted by Gasteiger charge is 2.25. The van der Waals surface area contributed by atoms with Gasteiger partial charge in [-0.2, -0.15) is 21.5 Å². The van der Waals surface area contributed by atoms with Gasteiger partial charge in [-0.1, -0.05) is 11.6 Å². The largest absolute Gasteiger partial charge is 0.314 e. The summed E-state index contributed by atoms with van der Waals surface area (Å²) in [6.07, 6.45) is 0. The number of rotatable bonds is 3. The lowest BCUT2D eigenvalue weighted by molar-refractivity contribution is 0.362. The summed E-state index contributed by atoms with van der Waals surface area (Å²) in [7, 11) is -3.63. The molecular weight excluding hydrogens is 322 g/mol. The van der Waals surface area contributed by atoms with Crippen molar-refractivity contribution in [2.45, 2.75) is 0 Å². The van der Waals surface area contributed by atoms with Crippen molar-refractivity contribution < 1.29 is 8.42 Å². The third kappa shape index (κ3) is 2.59. The van der Waals surface area contributed by atoms with E-state index < -0.39 is 10.2 Å². The van der Waals surface area contributed by atoms with E-state index in [4.69, 9.17) is 11.6 Å². The molecule has 108 valence electrons. The second-order valence-corrected chi connectivity index (χ2v) is 6.92. The Labute approximate surface area is 125 Å². The van der Waals surface area contributed by atoms with Gasteiger partial charge in [-0.15, -0.1) is 0 Å². The fourth-order valence-electron chi connectivity index (χ4n) is 2.00. The van der Waals surface area contributed by atoms with Crippen LogP contribution in [0, 0.1) is 0 Å². The third-order valence-corrected chi connectivity index (χ3v) is 5.39. The molecule has 2 aromatic rings. The lowest BCUT2D eigenvalue weighted by atomic mass is 10.3. The maximum absolute atomic E-state index is 12.4. The summed E-state index contributed by atoms with van der Waals surface area (Å²) in [6, 6.07) is 3.32. The number of fused-ring (bicyclic) bond motifs is 1. The molecule has 7 nitrogen and oxygen atoms in total. The number of aromatic nitrogens is 2. The SMILES string of the molecule is O=S(=O)(Nc1c(Cl)ccc2nsnc12)N1CCNCC1. The molecule has 1 aliphatic rings. The van der Waals surface area contributed by atoms with Crippen LogP contribution >= 0.6 is 23.3 Å². The number of piperazine rings is 1. The Morgan fingerprint density at radius 1 is 1.30 bits per heavy atom. The summed E-state index contributed by atoms with van der Waals surface area (Å²) in [6.45, 7) is 2.13. The molecule has 0 bridgehead atoms. The molecule has 0 spiro atoms. The van der Waals surface area contributed by atoms with Gasteiger partial charge in [-0.25, -0.2) is 0 Å². The van der Waals surface area contributed by atoms with Crippen LogP contribution in [0.1, 0.15) is 0 Å². The lowest BCUT2D eigenvalue weighted by Gasteiger charge is -2.27. The Morgan fingerprint density at radius 3 is 2.80 bits per heavy atom. The molecule has 0 atom stereocenters. The number of halogens is 1. The molecule has 0 amide bonds. The Hall–Kier alpha value is -1.00. The molecule has 1 aromatic carbocycles. The van der Waals surface area contributed by atoms with Crippen molar-refractivity contribution in [3.05, 3.63) is 17.2 Å². The number of hydrogen-bond donors (Lipinski definition) is 2. The highest BCUT2D eigenvalue weighted by atomic mass is 35.5. The van der Waals surface area contributed by atoms with E-state index in [2.05, 4.69) is 18.8 Å². The molecule has 1 saturated heterocycles. The molecular formula is C10H12ClN5O2S2. The van der Waals surface area contributed by atoms with E-state index in [1.807, 2.05) is 0 Å². The molecule has 1 fully saturated rings. The van der Waals surface area contributed by atoms with Crippen LogP contribution in [0.25, 0.3) is 11.0 Å². The molecule has 3 rings (SSSR count). The standard InChI is InChI=1S/C10H12ClN5O2S2/c11-7-1-2-8-10(14-19-13-8)9(7)15-20(17,18)16-5-3-12-4-6-16/h1-2,12,15H,3-6H2. The van der Waals surface area contributed by atoms with Crippen molar-refractivity contribution in [2.75, 3.05) is 30.9 Å². The van der Waals surface area contributed by atoms with Gasteiger partial charge in [0.05, 0.1) is 22.4 Å². The van der Waals surface area contributed by atoms with Gasteiger partial charge in [0.15, 0.2) is 0 Å². The van der Waals surface area contributed by atoms with Crippen molar-refractivity contribution in [2.24, 2.45) is 0 Å². The molecule has 10 heteroatoms. The van der Waals surface area contributed by atoms with Crippen LogP contribution < -0.4 is 10.0 Å². The monoisotopic (exact) mass is 333 g/mol. The maximum Gasteiger partial charge on any atom is 0.301 e. The Morgan fingerprint density at radius 2 is 2.05 bits per heavy atom. The predicted octanol–water partition coefficient (Wildman–Crippen LogP) is 0.907. The summed E-state index contributed by atoms with van der Waals surface area (Å²) in [4.78, 5) is 0. The average Bonchev–Trinajstić information content (AvgIpc) is 2.92. The summed E-state index contributed by atoms with van der Waals surface area (Å²) in [5, 5.41) is 3.42. The zero-order valence-electron chi connectivity index (χ0n) is 10.3. The van der Waals surface area contributed by atoms with Crippen LogP contribution in [0.2, 0.25) is 5.02 Å². The number of anilines is 1. The summed E-state index contributed by atoms with van der Waals surface area (Å²) < 4.78 is 36.8. The van der Waals surface area contributed by atoms with Crippen molar-refractivity contribution in [1.82, 2.24) is 18.4 Å². The molecule has 1 aliphatic heterocycles. The molecule has 2 heterocycles. The topological polar surface area (TPSA) is 87.2 Å². The summed E-state index contributed by atoms with van der Waals surface area (Å²) in [5.41, 5.74) is 1.38. The van der Waals surface area contributed by atoms with E-state index in [9.17, 15) is 8.42 Å². The maximum atomic E-state index is 12.4. The Kier molecular flexibility index (Phi) is 3.78. The molecule has 1 aromatic heterocycles. The Bertz CT molecular complexity index is 726. The first kappa shape index (κ1) is 14.0. The molecule has 0 radical (unpaired) electrons. The number of hydrogen-bond acceptors (Lipinski definition) is 6. The fourth-order valence-corrected chi connectivity index (χ4v) is 4.06. The van der Waals surface area contributed by atoms with Crippen LogP contribution in [0.3, 0.4) is 0 Å². The van der Waals surface area contributed by atoms with Crippen molar-refractivity contribution in [3.63, 3.8) is 0 Å². The van der Waals surface area contributed by atoms with Gasteiger partial charge < -0.3 is 5.32 Å². The Balaban J connectivity index is 1.96. The smallest absolute Gasteiger partial charge is 0.301 e. The molecule has 0 unspecified atom stereocenters. The van der Waals surface area contributed by atoms with Gasteiger partial charge in [-0.05, 0) is 12.1 Å². The first-order valence-electron chi connectivity index (χ1n) is 5.97. The van der Waals surface area contributed by atoms with Crippen molar-refractivity contribution in [1.29, 1.82) is 0 Å². The van der Waals surface area contributed by atoms with E-state index in [0.29, 0.717) is 42.2 Å². The number of benzene rings is 1. The van der Waals surface area contributed by atoms with Crippen LogP contribution in [0.15, 0.2) is 12.1 Å². The highest BCUT2D eigenvalue weighted by Crippen LogP contribution is 2.31. The van der Waals surface area contributed by atoms with Crippen LogP contribution in [0.5, 0.6) is 0 Å². The van der Waals surface area contributed by atoms with Gasteiger partial charge in [0, 0.05) is 26.2 Å². The minimum absolute atomic E-state index is 0.288.